The third-order valence-electron chi connectivity index (χ3n) is 8.35. The zero-order valence-electron chi connectivity index (χ0n) is 30.3. The molecule has 0 fully saturated rings. The predicted octanol–water partition coefficient (Wildman–Crippen LogP) is 4.03. The van der Waals surface area contributed by atoms with E-state index in [2.05, 4.69) is 21.3 Å². The molecule has 1 unspecified atom stereocenters. The SMILES string of the molecule is CNCCCCCC(=O)NC(CCCCNC(=O)CCCC(=O)NCCCOc1ccc(C(=O)Oc2ccc3cc(C(=N)N)ccc3c2)cc1)C(=O)O. The lowest BCUT2D eigenvalue weighted by molar-refractivity contribution is -0.142. The van der Waals surface area contributed by atoms with Gasteiger partial charge >= 0.3 is 11.9 Å². The van der Waals surface area contributed by atoms with Gasteiger partial charge in [-0.3, -0.25) is 19.8 Å². The van der Waals surface area contributed by atoms with Gasteiger partial charge in [0, 0.05) is 37.9 Å². The van der Waals surface area contributed by atoms with Gasteiger partial charge in [0.1, 0.15) is 23.4 Å². The minimum absolute atomic E-state index is 0.0167. The Kier molecular flexibility index (Phi) is 18.3. The van der Waals surface area contributed by atoms with Crippen LogP contribution in [0.2, 0.25) is 0 Å². The molecule has 0 aliphatic rings. The number of carboxylic acid groups (broad SMARTS) is 1. The molecule has 1 atom stereocenters. The molecule has 8 N–H and O–H groups in total. The van der Waals surface area contributed by atoms with E-state index in [1.807, 2.05) is 13.1 Å². The quantitative estimate of drug-likeness (QED) is 0.0218. The van der Waals surface area contributed by atoms with Crippen molar-refractivity contribution in [1.29, 1.82) is 5.41 Å². The Morgan fingerprint density at radius 1 is 0.698 bits per heavy atom. The van der Waals surface area contributed by atoms with Crippen LogP contribution in [0.5, 0.6) is 11.5 Å². The van der Waals surface area contributed by atoms with E-state index >= 15 is 0 Å². The van der Waals surface area contributed by atoms with E-state index in [4.69, 9.17) is 20.6 Å². The first-order valence-corrected chi connectivity index (χ1v) is 18.1. The lowest BCUT2D eigenvalue weighted by Gasteiger charge is -2.14. The molecule has 53 heavy (non-hydrogen) atoms. The largest absolute Gasteiger partial charge is 0.494 e. The Balaban J connectivity index is 1.21. The van der Waals surface area contributed by atoms with E-state index < -0.39 is 18.0 Å². The lowest BCUT2D eigenvalue weighted by Crippen LogP contribution is -2.40. The second-order valence-electron chi connectivity index (χ2n) is 12.7. The Morgan fingerprint density at radius 2 is 1.30 bits per heavy atom. The van der Waals surface area contributed by atoms with Gasteiger partial charge in [0.15, 0.2) is 0 Å². The number of carboxylic acids is 1. The first-order valence-electron chi connectivity index (χ1n) is 18.1. The Hall–Kier alpha value is -5.50. The summed E-state index contributed by atoms with van der Waals surface area (Å²) in [7, 11) is 1.87. The molecule has 0 heterocycles. The fourth-order valence-corrected chi connectivity index (χ4v) is 5.37. The predicted molar refractivity (Wildman–Crippen MR) is 202 cm³/mol. The number of ether oxygens (including phenoxy) is 2. The van der Waals surface area contributed by atoms with E-state index in [1.165, 1.54) is 0 Å². The Morgan fingerprint density at radius 3 is 1.98 bits per heavy atom. The fraction of sp³-hybridized carbons (Fsp3) is 0.436. The lowest BCUT2D eigenvalue weighted by atomic mass is 10.1. The van der Waals surface area contributed by atoms with Crippen LogP contribution in [0.4, 0.5) is 0 Å². The minimum atomic E-state index is -1.07. The summed E-state index contributed by atoms with van der Waals surface area (Å²) in [5, 5.41) is 30.0. The number of unbranched alkanes of at least 4 members (excludes halogenated alkanes) is 3. The maximum absolute atomic E-state index is 12.7. The number of hydrogen-bond acceptors (Lipinski definition) is 9. The van der Waals surface area contributed by atoms with Crippen molar-refractivity contribution in [2.24, 2.45) is 5.73 Å². The zero-order chi connectivity index (χ0) is 38.4. The van der Waals surface area contributed by atoms with Gasteiger partial charge in [0.25, 0.3) is 0 Å². The molecule has 14 nitrogen and oxygen atoms in total. The standard InChI is InChI=1S/C39H52N6O8/c1-42-21-5-2-3-10-36(48)45-33(38(49)50)9-4-6-22-43-34(46)11-7-12-35(47)44-23-8-24-52-31-18-15-27(16-19-31)39(51)53-32-20-17-28-25-30(37(40)41)14-13-29(28)26-32/h13-20,25-26,33,42H,2-12,21-24H2,1H3,(H3,40,41)(H,43,46)(H,44,47)(H,45,48)(H,49,50). The monoisotopic (exact) mass is 732 g/mol. The molecule has 0 radical (unpaired) electrons. The third kappa shape index (κ3) is 16.2. The van der Waals surface area contributed by atoms with Crippen LogP contribution in [-0.2, 0) is 19.2 Å². The van der Waals surface area contributed by atoms with E-state index in [1.54, 1.807) is 54.6 Å². The molecule has 286 valence electrons. The van der Waals surface area contributed by atoms with Gasteiger partial charge in [-0.1, -0.05) is 24.6 Å². The normalized spacial score (nSPS) is 11.3. The van der Waals surface area contributed by atoms with Gasteiger partial charge in [-0.05, 0) is 112 Å². The van der Waals surface area contributed by atoms with Gasteiger partial charge in [-0.15, -0.1) is 0 Å². The molecule has 0 aromatic heterocycles. The summed E-state index contributed by atoms with van der Waals surface area (Å²) in [5.41, 5.74) is 6.53. The number of amidine groups is 1. The molecular formula is C39H52N6O8. The third-order valence-corrected chi connectivity index (χ3v) is 8.35. The summed E-state index contributed by atoms with van der Waals surface area (Å²) < 4.78 is 11.2. The summed E-state index contributed by atoms with van der Waals surface area (Å²) in [6, 6.07) is 16.2. The van der Waals surface area contributed by atoms with E-state index in [0.29, 0.717) is 80.8 Å². The summed E-state index contributed by atoms with van der Waals surface area (Å²) in [6.45, 7) is 2.03. The highest BCUT2D eigenvalue weighted by Gasteiger charge is 2.19. The number of aliphatic carboxylic acids is 1. The Bertz CT molecular complexity index is 1680. The summed E-state index contributed by atoms with van der Waals surface area (Å²) in [5.74, 6) is -1.23. The van der Waals surface area contributed by atoms with Crippen molar-refractivity contribution >= 4 is 46.3 Å². The molecule has 0 saturated heterocycles. The molecule has 3 aromatic rings. The number of amides is 3. The minimum Gasteiger partial charge on any atom is -0.494 e. The van der Waals surface area contributed by atoms with Crippen LogP contribution in [0.1, 0.15) is 86.6 Å². The van der Waals surface area contributed by atoms with Crippen molar-refractivity contribution in [3.8, 4) is 11.5 Å². The zero-order valence-corrected chi connectivity index (χ0v) is 30.3. The second-order valence-corrected chi connectivity index (χ2v) is 12.7. The van der Waals surface area contributed by atoms with Crippen LogP contribution in [0.3, 0.4) is 0 Å². The highest BCUT2D eigenvalue weighted by molar-refractivity contribution is 5.99. The molecule has 3 amide bonds. The maximum Gasteiger partial charge on any atom is 0.343 e. The van der Waals surface area contributed by atoms with Crippen molar-refractivity contribution in [1.82, 2.24) is 21.3 Å². The first kappa shape index (κ1) is 41.9. The van der Waals surface area contributed by atoms with Gasteiger partial charge in [-0.2, -0.15) is 0 Å². The second kappa shape index (κ2) is 23.1. The van der Waals surface area contributed by atoms with Gasteiger partial charge < -0.3 is 41.6 Å². The molecule has 3 aromatic carbocycles. The fourth-order valence-electron chi connectivity index (χ4n) is 5.37. The summed E-state index contributed by atoms with van der Waals surface area (Å²) in [6.07, 6.45) is 5.64. The molecule has 0 spiro atoms. The number of benzene rings is 3. The molecule has 0 aliphatic carbocycles. The molecule has 0 bridgehead atoms. The average molecular weight is 733 g/mol. The molecular weight excluding hydrogens is 680 g/mol. The van der Waals surface area contributed by atoms with Crippen molar-refractivity contribution in [2.75, 3.05) is 33.3 Å². The van der Waals surface area contributed by atoms with Gasteiger partial charge in [-0.25, -0.2) is 9.59 Å². The van der Waals surface area contributed by atoms with Crippen LogP contribution in [0, 0.1) is 5.41 Å². The number of fused-ring (bicyclic) bond motifs is 1. The smallest absolute Gasteiger partial charge is 0.343 e. The molecule has 0 aliphatic heterocycles. The Labute approximate surface area is 310 Å². The topological polar surface area (TPSA) is 222 Å². The number of carbonyl (C=O) groups excluding carboxylic acids is 4. The summed E-state index contributed by atoms with van der Waals surface area (Å²) in [4.78, 5) is 60.5. The number of esters is 1. The van der Waals surface area contributed by atoms with Crippen LogP contribution >= 0.6 is 0 Å². The van der Waals surface area contributed by atoms with E-state index in [0.717, 1.165) is 30.2 Å². The van der Waals surface area contributed by atoms with Crippen LogP contribution in [0.25, 0.3) is 10.8 Å². The molecule has 3 rings (SSSR count). The molecule has 14 heteroatoms. The number of rotatable bonds is 25. The van der Waals surface area contributed by atoms with Crippen molar-refractivity contribution in [3.05, 3.63) is 71.8 Å². The van der Waals surface area contributed by atoms with Crippen LogP contribution < -0.4 is 36.5 Å². The molecule has 0 saturated carbocycles. The van der Waals surface area contributed by atoms with Crippen LogP contribution in [0.15, 0.2) is 60.7 Å². The highest BCUT2D eigenvalue weighted by Crippen LogP contribution is 2.23. The maximum atomic E-state index is 12.7. The van der Waals surface area contributed by atoms with Crippen molar-refractivity contribution < 1.29 is 38.6 Å². The number of carbonyl (C=O) groups is 5. The summed E-state index contributed by atoms with van der Waals surface area (Å²) >= 11 is 0. The number of nitrogens with two attached hydrogens (primary N) is 1. The van der Waals surface area contributed by atoms with Crippen LogP contribution in [-0.4, -0.2) is 79.9 Å². The van der Waals surface area contributed by atoms with Gasteiger partial charge in [0.05, 0.1) is 12.2 Å². The first-order chi connectivity index (χ1) is 25.5. The van der Waals surface area contributed by atoms with E-state index in [9.17, 15) is 29.1 Å². The van der Waals surface area contributed by atoms with Crippen molar-refractivity contribution in [2.45, 2.75) is 76.7 Å². The number of nitrogens with one attached hydrogen (secondary N) is 5. The van der Waals surface area contributed by atoms with Gasteiger partial charge in [0.2, 0.25) is 17.7 Å². The highest BCUT2D eigenvalue weighted by atomic mass is 16.5. The number of nitrogen functional groups attached to an aromatic ring is 1. The average Bonchev–Trinajstić information content (AvgIpc) is 3.13. The number of hydrogen-bond donors (Lipinski definition) is 7. The van der Waals surface area contributed by atoms with E-state index in [-0.39, 0.29) is 42.8 Å². The van der Waals surface area contributed by atoms with Crippen molar-refractivity contribution in [3.63, 3.8) is 0 Å².